The van der Waals surface area contributed by atoms with Crippen LogP contribution in [-0.2, 0) is 4.74 Å². The Balaban J connectivity index is 2.68. The summed E-state index contributed by atoms with van der Waals surface area (Å²) < 4.78 is 17.8. The monoisotopic (exact) mass is 211 g/mol. The number of amides is 1. The van der Waals surface area contributed by atoms with Crippen LogP contribution in [0.3, 0.4) is 0 Å². The predicted octanol–water partition coefficient (Wildman–Crippen LogP) is 3.09. The van der Waals surface area contributed by atoms with Crippen molar-refractivity contribution in [1.29, 1.82) is 0 Å². The molecule has 3 nitrogen and oxygen atoms in total. The number of hydrogen-bond donors (Lipinski definition) is 1. The number of halogens is 1. The van der Waals surface area contributed by atoms with E-state index in [1.54, 1.807) is 26.8 Å². The quantitative estimate of drug-likeness (QED) is 0.816. The first-order chi connectivity index (χ1) is 6.97. The SMILES string of the molecule is Cc1cc(F)cc(NC(=O)OC(C)C)c1. The third kappa shape index (κ3) is 3.97. The van der Waals surface area contributed by atoms with Crippen LogP contribution in [0.2, 0.25) is 0 Å². The van der Waals surface area contributed by atoms with Gasteiger partial charge >= 0.3 is 6.09 Å². The Kier molecular flexibility index (Phi) is 3.66. The van der Waals surface area contributed by atoms with Gasteiger partial charge in [-0.15, -0.1) is 0 Å². The molecule has 1 aromatic carbocycles. The van der Waals surface area contributed by atoms with Crippen LogP contribution in [0.25, 0.3) is 0 Å². The fourth-order valence-electron chi connectivity index (χ4n) is 1.17. The Morgan fingerprint density at radius 1 is 1.40 bits per heavy atom. The molecule has 0 aliphatic rings. The highest BCUT2D eigenvalue weighted by molar-refractivity contribution is 5.84. The van der Waals surface area contributed by atoms with Crippen LogP contribution in [0.4, 0.5) is 14.9 Å². The molecule has 1 amide bonds. The number of rotatable bonds is 2. The molecule has 0 heterocycles. The van der Waals surface area contributed by atoms with Crippen LogP contribution in [0, 0.1) is 12.7 Å². The first-order valence-electron chi connectivity index (χ1n) is 4.72. The van der Waals surface area contributed by atoms with Crippen molar-refractivity contribution in [2.45, 2.75) is 26.9 Å². The second-order valence-corrected chi connectivity index (χ2v) is 3.60. The van der Waals surface area contributed by atoms with E-state index < -0.39 is 6.09 Å². The molecule has 1 rings (SSSR count). The summed E-state index contributed by atoms with van der Waals surface area (Å²) in [5.74, 6) is -0.380. The van der Waals surface area contributed by atoms with Gasteiger partial charge in [0.25, 0.3) is 0 Å². The Morgan fingerprint density at radius 2 is 2.07 bits per heavy atom. The third-order valence-electron chi connectivity index (χ3n) is 1.63. The zero-order valence-electron chi connectivity index (χ0n) is 9.00. The van der Waals surface area contributed by atoms with Gasteiger partial charge < -0.3 is 4.74 Å². The lowest BCUT2D eigenvalue weighted by Gasteiger charge is -2.09. The topological polar surface area (TPSA) is 38.3 Å². The maximum Gasteiger partial charge on any atom is 0.411 e. The molecule has 0 radical (unpaired) electrons. The molecule has 0 bridgehead atoms. The van der Waals surface area contributed by atoms with E-state index in [1.165, 1.54) is 12.1 Å². The fourth-order valence-corrected chi connectivity index (χ4v) is 1.17. The van der Waals surface area contributed by atoms with Crippen molar-refractivity contribution >= 4 is 11.8 Å². The van der Waals surface area contributed by atoms with E-state index in [4.69, 9.17) is 4.74 Å². The Labute approximate surface area is 88.2 Å². The van der Waals surface area contributed by atoms with Crippen LogP contribution in [0.5, 0.6) is 0 Å². The van der Waals surface area contributed by atoms with Crippen molar-refractivity contribution in [3.8, 4) is 0 Å². The van der Waals surface area contributed by atoms with Crippen molar-refractivity contribution in [2.24, 2.45) is 0 Å². The van der Waals surface area contributed by atoms with Crippen molar-refractivity contribution in [2.75, 3.05) is 5.32 Å². The fraction of sp³-hybridized carbons (Fsp3) is 0.364. The summed E-state index contributed by atoms with van der Waals surface area (Å²) in [5, 5.41) is 2.45. The molecule has 0 aliphatic heterocycles. The Hall–Kier alpha value is -1.58. The van der Waals surface area contributed by atoms with Gasteiger partial charge in [0.1, 0.15) is 5.82 Å². The molecule has 4 heteroatoms. The highest BCUT2D eigenvalue weighted by Gasteiger charge is 2.06. The molecular formula is C11H14FNO2. The average molecular weight is 211 g/mol. The van der Waals surface area contributed by atoms with Crippen LogP contribution in [0.1, 0.15) is 19.4 Å². The van der Waals surface area contributed by atoms with Crippen molar-refractivity contribution in [3.63, 3.8) is 0 Å². The van der Waals surface area contributed by atoms with E-state index in [1.807, 2.05) is 0 Å². The summed E-state index contributed by atoms with van der Waals surface area (Å²) in [5.41, 5.74) is 1.15. The summed E-state index contributed by atoms with van der Waals surface area (Å²) in [7, 11) is 0. The number of anilines is 1. The smallest absolute Gasteiger partial charge is 0.411 e. The van der Waals surface area contributed by atoms with E-state index in [0.717, 1.165) is 5.56 Å². The zero-order valence-corrected chi connectivity index (χ0v) is 9.00. The van der Waals surface area contributed by atoms with Gasteiger partial charge in [0.15, 0.2) is 0 Å². The van der Waals surface area contributed by atoms with E-state index >= 15 is 0 Å². The standard InChI is InChI=1S/C11H14FNO2/c1-7(2)15-11(14)13-10-5-8(3)4-9(12)6-10/h4-7H,1-3H3,(H,13,14). The Morgan fingerprint density at radius 3 is 2.60 bits per heavy atom. The first kappa shape index (κ1) is 11.5. The normalized spacial score (nSPS) is 10.2. The Bertz CT molecular complexity index is 343. The van der Waals surface area contributed by atoms with Gasteiger partial charge in [0.05, 0.1) is 6.10 Å². The highest BCUT2D eigenvalue weighted by Crippen LogP contribution is 2.13. The van der Waals surface area contributed by atoms with Gasteiger partial charge in [-0.2, -0.15) is 0 Å². The highest BCUT2D eigenvalue weighted by atomic mass is 19.1. The summed E-state index contributed by atoms with van der Waals surface area (Å²) >= 11 is 0. The molecule has 82 valence electrons. The maximum atomic E-state index is 12.9. The molecule has 15 heavy (non-hydrogen) atoms. The molecule has 0 saturated carbocycles. The number of carbonyl (C=O) groups excluding carboxylic acids is 1. The lowest BCUT2D eigenvalue weighted by atomic mass is 10.2. The number of hydrogen-bond acceptors (Lipinski definition) is 2. The van der Waals surface area contributed by atoms with Crippen molar-refractivity contribution < 1.29 is 13.9 Å². The van der Waals surface area contributed by atoms with Crippen molar-refractivity contribution in [3.05, 3.63) is 29.6 Å². The summed E-state index contributed by atoms with van der Waals surface area (Å²) in [4.78, 5) is 11.2. The van der Waals surface area contributed by atoms with Crippen LogP contribution < -0.4 is 5.32 Å². The van der Waals surface area contributed by atoms with Gasteiger partial charge in [0, 0.05) is 5.69 Å². The van der Waals surface area contributed by atoms with Gasteiger partial charge in [-0.05, 0) is 44.5 Å². The number of nitrogens with one attached hydrogen (secondary N) is 1. The molecule has 1 N–H and O–H groups in total. The van der Waals surface area contributed by atoms with Crippen LogP contribution in [-0.4, -0.2) is 12.2 Å². The van der Waals surface area contributed by atoms with Gasteiger partial charge in [0.2, 0.25) is 0 Å². The van der Waals surface area contributed by atoms with E-state index in [2.05, 4.69) is 5.32 Å². The summed E-state index contributed by atoms with van der Waals surface area (Å²) in [6, 6.07) is 4.30. The van der Waals surface area contributed by atoms with Gasteiger partial charge in [-0.3, -0.25) is 5.32 Å². The maximum absolute atomic E-state index is 12.9. The minimum absolute atomic E-state index is 0.195. The molecule has 0 unspecified atom stereocenters. The predicted molar refractivity (Wildman–Crippen MR) is 56.4 cm³/mol. The number of carbonyl (C=O) groups is 1. The van der Waals surface area contributed by atoms with Crippen LogP contribution in [0.15, 0.2) is 18.2 Å². The summed E-state index contributed by atoms with van der Waals surface area (Å²) in [6.45, 7) is 5.24. The molecular weight excluding hydrogens is 197 g/mol. The molecule has 0 saturated heterocycles. The van der Waals surface area contributed by atoms with E-state index in [-0.39, 0.29) is 11.9 Å². The summed E-state index contributed by atoms with van der Waals surface area (Å²) in [6.07, 6.45) is -0.769. The second-order valence-electron chi connectivity index (χ2n) is 3.60. The molecule has 1 aromatic rings. The molecule has 0 fully saturated rings. The third-order valence-corrected chi connectivity index (χ3v) is 1.63. The second kappa shape index (κ2) is 4.77. The molecule has 0 aliphatic carbocycles. The van der Waals surface area contributed by atoms with Gasteiger partial charge in [-0.25, -0.2) is 9.18 Å². The number of aryl methyl sites for hydroxylation is 1. The molecule has 0 aromatic heterocycles. The molecule has 0 atom stereocenters. The lowest BCUT2D eigenvalue weighted by molar-refractivity contribution is 0.130. The largest absolute Gasteiger partial charge is 0.447 e. The lowest BCUT2D eigenvalue weighted by Crippen LogP contribution is -2.18. The molecule has 0 spiro atoms. The van der Waals surface area contributed by atoms with Gasteiger partial charge in [-0.1, -0.05) is 0 Å². The van der Waals surface area contributed by atoms with Crippen LogP contribution >= 0.6 is 0 Å². The minimum Gasteiger partial charge on any atom is -0.447 e. The number of ether oxygens (including phenoxy) is 1. The minimum atomic E-state index is -0.574. The van der Waals surface area contributed by atoms with E-state index in [0.29, 0.717) is 5.69 Å². The van der Waals surface area contributed by atoms with E-state index in [9.17, 15) is 9.18 Å². The number of benzene rings is 1. The first-order valence-corrected chi connectivity index (χ1v) is 4.72. The zero-order chi connectivity index (χ0) is 11.4. The van der Waals surface area contributed by atoms with Crippen molar-refractivity contribution in [1.82, 2.24) is 0 Å². The average Bonchev–Trinajstić information content (AvgIpc) is 1.98.